The van der Waals surface area contributed by atoms with E-state index in [2.05, 4.69) is 41.6 Å². The number of likely N-dealkylation sites (tertiary alicyclic amines) is 1. The summed E-state index contributed by atoms with van der Waals surface area (Å²) in [5.41, 5.74) is 0. The van der Waals surface area contributed by atoms with Crippen LogP contribution in [0.3, 0.4) is 0 Å². The minimum atomic E-state index is 0.782. The van der Waals surface area contributed by atoms with Gasteiger partial charge in [0.05, 0.1) is 6.54 Å². The third-order valence-electron chi connectivity index (χ3n) is 3.26. The van der Waals surface area contributed by atoms with Crippen molar-refractivity contribution in [3.05, 3.63) is 22.4 Å². The normalized spacial score (nSPS) is 21.1. The number of piperidine rings is 1. The average molecular weight is 265 g/mol. The van der Waals surface area contributed by atoms with Gasteiger partial charge in [0.25, 0.3) is 0 Å². The van der Waals surface area contributed by atoms with Crippen molar-refractivity contribution in [1.29, 1.82) is 0 Å². The Labute approximate surface area is 114 Å². The predicted octanol–water partition coefficient (Wildman–Crippen LogP) is 2.95. The number of aliphatic imine (C=N–C) groups is 1. The molecule has 18 heavy (non-hydrogen) atoms. The van der Waals surface area contributed by atoms with E-state index in [1.807, 2.05) is 0 Å². The Kier molecular flexibility index (Phi) is 5.05. The molecule has 0 aliphatic carbocycles. The van der Waals surface area contributed by atoms with Crippen molar-refractivity contribution < 1.29 is 0 Å². The van der Waals surface area contributed by atoms with Crippen LogP contribution in [0.2, 0.25) is 0 Å². The summed E-state index contributed by atoms with van der Waals surface area (Å²) in [5, 5.41) is 5.53. The highest BCUT2D eigenvalue weighted by Crippen LogP contribution is 2.16. The smallest absolute Gasteiger partial charge is 0.194 e. The molecule has 0 spiro atoms. The van der Waals surface area contributed by atoms with E-state index in [-0.39, 0.29) is 0 Å². The maximum atomic E-state index is 4.76. The van der Waals surface area contributed by atoms with Crippen LogP contribution in [0.4, 0.5) is 0 Å². The number of guanidine groups is 1. The van der Waals surface area contributed by atoms with Crippen molar-refractivity contribution in [3.63, 3.8) is 0 Å². The Balaban J connectivity index is 1.99. The van der Waals surface area contributed by atoms with Crippen LogP contribution in [0.5, 0.6) is 0 Å². The number of nitrogens with one attached hydrogen (secondary N) is 1. The van der Waals surface area contributed by atoms with E-state index in [0.29, 0.717) is 0 Å². The molecule has 2 heterocycles. The molecule has 1 unspecified atom stereocenters. The zero-order chi connectivity index (χ0) is 12.8. The molecule has 1 saturated heterocycles. The summed E-state index contributed by atoms with van der Waals surface area (Å²) in [7, 11) is 0. The second kappa shape index (κ2) is 6.78. The van der Waals surface area contributed by atoms with E-state index in [1.54, 1.807) is 11.3 Å². The van der Waals surface area contributed by atoms with E-state index in [4.69, 9.17) is 4.99 Å². The first kappa shape index (κ1) is 13.4. The summed E-state index contributed by atoms with van der Waals surface area (Å²) in [6.45, 7) is 8.47. The molecule has 1 atom stereocenters. The lowest BCUT2D eigenvalue weighted by Crippen LogP contribution is -2.46. The van der Waals surface area contributed by atoms with Crippen LogP contribution in [0, 0.1) is 5.92 Å². The van der Waals surface area contributed by atoms with Crippen molar-refractivity contribution in [1.82, 2.24) is 10.2 Å². The molecule has 0 amide bonds. The van der Waals surface area contributed by atoms with Gasteiger partial charge in [0.2, 0.25) is 0 Å². The van der Waals surface area contributed by atoms with Gasteiger partial charge in [-0.1, -0.05) is 13.0 Å². The van der Waals surface area contributed by atoms with E-state index < -0.39 is 0 Å². The summed E-state index contributed by atoms with van der Waals surface area (Å²) < 4.78 is 0. The van der Waals surface area contributed by atoms with Gasteiger partial charge in [-0.3, -0.25) is 0 Å². The number of hydrogen-bond acceptors (Lipinski definition) is 2. The summed E-state index contributed by atoms with van der Waals surface area (Å²) in [5.74, 6) is 1.86. The van der Waals surface area contributed by atoms with Gasteiger partial charge in [-0.05, 0) is 37.1 Å². The molecular weight excluding hydrogens is 242 g/mol. The van der Waals surface area contributed by atoms with Crippen LogP contribution in [0.25, 0.3) is 0 Å². The Morgan fingerprint density at radius 1 is 1.61 bits per heavy atom. The lowest BCUT2D eigenvalue weighted by atomic mass is 10.0. The standard InChI is InChI=1S/C14H23N3S/c1-3-15-14(16-10-13-7-5-9-18-13)17-8-4-6-12(2)11-17/h5,7,9,12H,3-4,6,8,10-11H2,1-2H3,(H,15,16). The SMILES string of the molecule is CCNC(=NCc1cccs1)N1CCCC(C)C1. The van der Waals surface area contributed by atoms with E-state index in [9.17, 15) is 0 Å². The van der Waals surface area contributed by atoms with Crippen LogP contribution in [-0.4, -0.2) is 30.5 Å². The zero-order valence-electron chi connectivity index (χ0n) is 11.4. The van der Waals surface area contributed by atoms with Crippen LogP contribution in [0.15, 0.2) is 22.5 Å². The average Bonchev–Trinajstić information content (AvgIpc) is 2.87. The van der Waals surface area contributed by atoms with Gasteiger partial charge in [0, 0.05) is 24.5 Å². The van der Waals surface area contributed by atoms with Gasteiger partial charge in [-0.25, -0.2) is 4.99 Å². The van der Waals surface area contributed by atoms with Gasteiger partial charge in [-0.2, -0.15) is 0 Å². The van der Waals surface area contributed by atoms with Crippen molar-refractivity contribution >= 4 is 17.3 Å². The summed E-state index contributed by atoms with van der Waals surface area (Å²) in [6, 6.07) is 4.24. The largest absolute Gasteiger partial charge is 0.357 e. The molecular formula is C14H23N3S. The zero-order valence-corrected chi connectivity index (χ0v) is 12.2. The second-order valence-corrected chi connectivity index (χ2v) is 5.98. The van der Waals surface area contributed by atoms with Crippen LogP contribution in [0.1, 0.15) is 31.6 Å². The number of rotatable bonds is 3. The number of thiophene rings is 1. The molecule has 0 aromatic carbocycles. The maximum Gasteiger partial charge on any atom is 0.194 e. The van der Waals surface area contributed by atoms with E-state index in [1.165, 1.54) is 17.7 Å². The highest BCUT2D eigenvalue weighted by Gasteiger charge is 2.18. The van der Waals surface area contributed by atoms with Crippen molar-refractivity contribution in [2.75, 3.05) is 19.6 Å². The quantitative estimate of drug-likeness (QED) is 0.672. The molecule has 4 heteroatoms. The first-order valence-electron chi connectivity index (χ1n) is 6.85. The van der Waals surface area contributed by atoms with Gasteiger partial charge in [-0.15, -0.1) is 11.3 Å². The molecule has 0 radical (unpaired) electrons. The summed E-state index contributed by atoms with van der Waals surface area (Å²) in [6.07, 6.45) is 2.63. The molecule has 0 saturated carbocycles. The molecule has 1 aliphatic rings. The Morgan fingerprint density at radius 2 is 2.50 bits per heavy atom. The fourth-order valence-corrected chi connectivity index (χ4v) is 2.99. The topological polar surface area (TPSA) is 27.6 Å². The van der Waals surface area contributed by atoms with Crippen molar-refractivity contribution in [2.24, 2.45) is 10.9 Å². The molecule has 1 N–H and O–H groups in total. The molecule has 1 aromatic heterocycles. The van der Waals surface area contributed by atoms with Gasteiger partial charge >= 0.3 is 0 Å². The number of nitrogens with zero attached hydrogens (tertiary/aromatic N) is 2. The Bertz CT molecular complexity index is 372. The predicted molar refractivity (Wildman–Crippen MR) is 79.1 cm³/mol. The Hall–Kier alpha value is -1.03. The molecule has 2 rings (SSSR count). The third-order valence-corrected chi connectivity index (χ3v) is 4.12. The monoisotopic (exact) mass is 265 g/mol. The minimum Gasteiger partial charge on any atom is -0.357 e. The summed E-state index contributed by atoms with van der Waals surface area (Å²) in [4.78, 5) is 8.49. The first-order valence-corrected chi connectivity index (χ1v) is 7.73. The van der Waals surface area contributed by atoms with Gasteiger partial charge < -0.3 is 10.2 Å². The molecule has 0 bridgehead atoms. The molecule has 1 aromatic rings. The van der Waals surface area contributed by atoms with Crippen molar-refractivity contribution in [3.8, 4) is 0 Å². The minimum absolute atomic E-state index is 0.782. The van der Waals surface area contributed by atoms with Crippen LogP contribution < -0.4 is 5.32 Å². The van der Waals surface area contributed by atoms with Gasteiger partial charge in [0.15, 0.2) is 5.96 Å². The number of hydrogen-bond donors (Lipinski definition) is 1. The molecule has 100 valence electrons. The maximum absolute atomic E-state index is 4.76. The van der Waals surface area contributed by atoms with Crippen molar-refractivity contribution in [2.45, 2.75) is 33.2 Å². The second-order valence-electron chi connectivity index (χ2n) is 4.94. The van der Waals surface area contributed by atoms with Crippen LogP contribution in [-0.2, 0) is 6.54 Å². The van der Waals surface area contributed by atoms with Crippen LogP contribution >= 0.6 is 11.3 Å². The summed E-state index contributed by atoms with van der Waals surface area (Å²) >= 11 is 1.78. The molecule has 3 nitrogen and oxygen atoms in total. The van der Waals surface area contributed by atoms with E-state index in [0.717, 1.165) is 38.1 Å². The lowest BCUT2D eigenvalue weighted by Gasteiger charge is -2.33. The molecule has 1 fully saturated rings. The third kappa shape index (κ3) is 3.73. The van der Waals surface area contributed by atoms with E-state index >= 15 is 0 Å². The van der Waals surface area contributed by atoms with Gasteiger partial charge in [0.1, 0.15) is 0 Å². The fourth-order valence-electron chi connectivity index (χ4n) is 2.36. The molecule has 1 aliphatic heterocycles. The first-order chi connectivity index (χ1) is 8.79. The highest BCUT2D eigenvalue weighted by molar-refractivity contribution is 7.09. The Morgan fingerprint density at radius 3 is 3.17 bits per heavy atom. The fraction of sp³-hybridized carbons (Fsp3) is 0.643. The lowest BCUT2D eigenvalue weighted by molar-refractivity contribution is 0.266. The highest BCUT2D eigenvalue weighted by atomic mass is 32.1.